The van der Waals surface area contributed by atoms with Crippen molar-refractivity contribution in [1.82, 2.24) is 9.78 Å². The van der Waals surface area contributed by atoms with Crippen LogP contribution in [0.3, 0.4) is 0 Å². The lowest BCUT2D eigenvalue weighted by Crippen LogP contribution is -1.96. The summed E-state index contributed by atoms with van der Waals surface area (Å²) in [4.78, 5) is 0. The Balaban J connectivity index is 2.40. The van der Waals surface area contributed by atoms with Gasteiger partial charge in [0.05, 0.1) is 12.3 Å². The van der Waals surface area contributed by atoms with Crippen LogP contribution in [0.5, 0.6) is 0 Å². The van der Waals surface area contributed by atoms with Crippen molar-refractivity contribution < 1.29 is 4.74 Å². The average molecular weight is 229 g/mol. The highest BCUT2D eigenvalue weighted by Crippen LogP contribution is 2.19. The van der Waals surface area contributed by atoms with E-state index < -0.39 is 0 Å². The lowest BCUT2D eigenvalue weighted by atomic mass is 10.3. The number of hydrogen-bond donors (Lipinski definition) is 0. The molecule has 0 fully saturated rings. The summed E-state index contributed by atoms with van der Waals surface area (Å²) in [7, 11) is 1.83. The van der Waals surface area contributed by atoms with Crippen LogP contribution < -0.4 is 0 Å². The Morgan fingerprint density at radius 3 is 2.87 bits per heavy atom. The van der Waals surface area contributed by atoms with E-state index in [0.717, 1.165) is 30.7 Å². The first-order chi connectivity index (χ1) is 7.16. The summed E-state index contributed by atoms with van der Waals surface area (Å²) < 4.78 is 7.18. The standard InChI is InChI=1S/C11H17ClN2O/c1-4-5-6-7-15-8-10-9(2)13-14(3)11(10)12/h4H,1,5-8H2,2-3H3. The monoisotopic (exact) mass is 228 g/mol. The van der Waals surface area contributed by atoms with E-state index in [4.69, 9.17) is 16.3 Å². The summed E-state index contributed by atoms with van der Waals surface area (Å²) in [6.07, 6.45) is 3.88. The maximum Gasteiger partial charge on any atom is 0.132 e. The third kappa shape index (κ3) is 3.36. The Morgan fingerprint density at radius 1 is 1.60 bits per heavy atom. The largest absolute Gasteiger partial charge is 0.377 e. The molecule has 3 nitrogen and oxygen atoms in total. The Kier molecular flexibility index (Phi) is 4.85. The molecule has 0 bridgehead atoms. The number of aryl methyl sites for hydroxylation is 2. The predicted octanol–water partition coefficient (Wildman–Crippen LogP) is 2.86. The van der Waals surface area contributed by atoms with Gasteiger partial charge in [0.25, 0.3) is 0 Å². The normalized spacial score (nSPS) is 10.6. The SMILES string of the molecule is C=CCCCOCc1c(C)nn(C)c1Cl. The van der Waals surface area contributed by atoms with Gasteiger partial charge in [0.15, 0.2) is 0 Å². The van der Waals surface area contributed by atoms with Crippen molar-refractivity contribution in [2.75, 3.05) is 6.61 Å². The van der Waals surface area contributed by atoms with Gasteiger partial charge in [-0.15, -0.1) is 6.58 Å². The zero-order valence-electron chi connectivity index (χ0n) is 9.29. The van der Waals surface area contributed by atoms with Crippen molar-refractivity contribution in [1.29, 1.82) is 0 Å². The molecule has 1 aromatic heterocycles. The topological polar surface area (TPSA) is 27.1 Å². The van der Waals surface area contributed by atoms with E-state index >= 15 is 0 Å². The Bertz CT molecular complexity index is 334. The summed E-state index contributed by atoms with van der Waals surface area (Å²) in [5, 5.41) is 4.88. The van der Waals surface area contributed by atoms with Gasteiger partial charge in [-0.1, -0.05) is 17.7 Å². The maximum absolute atomic E-state index is 6.06. The molecule has 15 heavy (non-hydrogen) atoms. The van der Waals surface area contributed by atoms with Crippen molar-refractivity contribution in [3.63, 3.8) is 0 Å². The molecule has 0 aromatic carbocycles. The number of unbranched alkanes of at least 4 members (excludes halogenated alkanes) is 1. The molecule has 0 saturated heterocycles. The van der Waals surface area contributed by atoms with Gasteiger partial charge in [-0.25, -0.2) is 0 Å². The van der Waals surface area contributed by atoms with Crippen molar-refractivity contribution in [2.24, 2.45) is 7.05 Å². The summed E-state index contributed by atoms with van der Waals surface area (Å²) >= 11 is 6.06. The second-order valence-electron chi connectivity index (χ2n) is 3.46. The molecule has 0 aliphatic rings. The quantitative estimate of drug-likeness (QED) is 0.553. The van der Waals surface area contributed by atoms with Crippen LogP contribution in [0.15, 0.2) is 12.7 Å². The van der Waals surface area contributed by atoms with Gasteiger partial charge in [0.2, 0.25) is 0 Å². The lowest BCUT2D eigenvalue weighted by molar-refractivity contribution is 0.119. The number of ether oxygens (including phenoxy) is 1. The minimum absolute atomic E-state index is 0.537. The predicted molar refractivity (Wildman–Crippen MR) is 62.0 cm³/mol. The van der Waals surface area contributed by atoms with Gasteiger partial charge in [-0.3, -0.25) is 4.68 Å². The fraction of sp³-hybridized carbons (Fsp3) is 0.545. The first kappa shape index (κ1) is 12.3. The molecule has 1 rings (SSSR count). The molecule has 0 radical (unpaired) electrons. The van der Waals surface area contributed by atoms with E-state index in [2.05, 4.69) is 11.7 Å². The molecule has 1 heterocycles. The molecule has 0 unspecified atom stereocenters. The van der Waals surface area contributed by atoms with Gasteiger partial charge in [-0.2, -0.15) is 5.10 Å². The first-order valence-corrected chi connectivity index (χ1v) is 5.41. The molecule has 0 aliphatic carbocycles. The van der Waals surface area contributed by atoms with Crippen LogP contribution in [-0.4, -0.2) is 16.4 Å². The number of hydrogen-bond acceptors (Lipinski definition) is 2. The Labute approximate surface area is 95.7 Å². The number of nitrogens with zero attached hydrogens (tertiary/aromatic N) is 2. The molecule has 0 amide bonds. The molecule has 1 aromatic rings. The van der Waals surface area contributed by atoms with Crippen molar-refractivity contribution in [3.05, 3.63) is 29.1 Å². The molecule has 0 spiro atoms. The smallest absolute Gasteiger partial charge is 0.132 e. The highest BCUT2D eigenvalue weighted by atomic mass is 35.5. The molecule has 0 atom stereocenters. The second-order valence-corrected chi connectivity index (χ2v) is 3.82. The second kappa shape index (κ2) is 5.93. The number of aromatic nitrogens is 2. The summed E-state index contributed by atoms with van der Waals surface area (Å²) in [6, 6.07) is 0. The zero-order chi connectivity index (χ0) is 11.3. The highest BCUT2D eigenvalue weighted by Gasteiger charge is 2.10. The molecule has 84 valence electrons. The Hall–Kier alpha value is -0.800. The van der Waals surface area contributed by atoms with Crippen LogP contribution in [-0.2, 0) is 18.4 Å². The average Bonchev–Trinajstić information content (AvgIpc) is 2.44. The minimum Gasteiger partial charge on any atom is -0.377 e. The van der Waals surface area contributed by atoms with Gasteiger partial charge < -0.3 is 4.74 Å². The summed E-state index contributed by atoms with van der Waals surface area (Å²) in [5.41, 5.74) is 1.92. The molecule has 4 heteroatoms. The summed E-state index contributed by atoms with van der Waals surface area (Å²) in [6.45, 7) is 6.87. The third-order valence-electron chi connectivity index (χ3n) is 2.21. The van der Waals surface area contributed by atoms with Crippen LogP contribution in [0.2, 0.25) is 5.15 Å². The van der Waals surface area contributed by atoms with Crippen LogP contribution >= 0.6 is 11.6 Å². The van der Waals surface area contributed by atoms with Crippen molar-refractivity contribution in [2.45, 2.75) is 26.4 Å². The van der Waals surface area contributed by atoms with Gasteiger partial charge in [0.1, 0.15) is 5.15 Å². The van der Waals surface area contributed by atoms with Crippen LogP contribution in [0, 0.1) is 6.92 Å². The fourth-order valence-electron chi connectivity index (χ4n) is 1.34. The van der Waals surface area contributed by atoms with Gasteiger partial charge in [0, 0.05) is 19.2 Å². The lowest BCUT2D eigenvalue weighted by Gasteiger charge is -2.02. The van der Waals surface area contributed by atoms with E-state index in [-0.39, 0.29) is 0 Å². The van der Waals surface area contributed by atoms with E-state index in [1.165, 1.54) is 0 Å². The van der Waals surface area contributed by atoms with Gasteiger partial charge in [-0.05, 0) is 19.8 Å². The third-order valence-corrected chi connectivity index (χ3v) is 2.69. The minimum atomic E-state index is 0.537. The Morgan fingerprint density at radius 2 is 2.33 bits per heavy atom. The van der Waals surface area contributed by atoms with Crippen molar-refractivity contribution in [3.8, 4) is 0 Å². The molecule has 0 N–H and O–H groups in total. The number of halogens is 1. The van der Waals surface area contributed by atoms with Crippen molar-refractivity contribution >= 4 is 11.6 Å². The molecule has 0 saturated carbocycles. The zero-order valence-corrected chi connectivity index (χ0v) is 10.0. The maximum atomic E-state index is 6.06. The molecular weight excluding hydrogens is 212 g/mol. The number of allylic oxidation sites excluding steroid dienone is 1. The van der Waals surface area contributed by atoms with Gasteiger partial charge >= 0.3 is 0 Å². The van der Waals surface area contributed by atoms with E-state index in [0.29, 0.717) is 11.8 Å². The summed E-state index contributed by atoms with van der Waals surface area (Å²) in [5.74, 6) is 0. The highest BCUT2D eigenvalue weighted by molar-refractivity contribution is 6.30. The van der Waals surface area contributed by atoms with E-state index in [1.54, 1.807) is 4.68 Å². The van der Waals surface area contributed by atoms with Crippen LogP contribution in [0.25, 0.3) is 0 Å². The first-order valence-electron chi connectivity index (χ1n) is 5.03. The van der Waals surface area contributed by atoms with Crippen LogP contribution in [0.1, 0.15) is 24.1 Å². The molecular formula is C11H17ClN2O. The van der Waals surface area contributed by atoms with Crippen LogP contribution in [0.4, 0.5) is 0 Å². The fourth-order valence-corrected chi connectivity index (χ4v) is 1.57. The molecule has 0 aliphatic heterocycles. The number of rotatable bonds is 6. The van der Waals surface area contributed by atoms with E-state index in [1.807, 2.05) is 20.0 Å². The van der Waals surface area contributed by atoms with E-state index in [9.17, 15) is 0 Å².